The van der Waals surface area contributed by atoms with E-state index in [9.17, 15) is 0 Å². The molecule has 1 aliphatic carbocycles. The van der Waals surface area contributed by atoms with Crippen LogP contribution in [0.1, 0.15) is 45.4 Å². The van der Waals surface area contributed by atoms with Crippen molar-refractivity contribution in [1.29, 1.82) is 0 Å². The maximum absolute atomic E-state index is 5.83. The lowest BCUT2D eigenvalue weighted by atomic mass is 10.1. The highest BCUT2D eigenvalue weighted by molar-refractivity contribution is 5.80. The molecule has 3 heteroatoms. The number of imidazole rings is 1. The SMILES string of the molecule is CC(C)(C)n1c(C2CC2)nc2cc(N)ccc21. The third-order valence-electron chi connectivity index (χ3n) is 3.32. The predicted octanol–water partition coefficient (Wildman–Crippen LogP) is 3.25. The van der Waals surface area contributed by atoms with Gasteiger partial charge in [-0.25, -0.2) is 4.98 Å². The molecule has 1 aromatic carbocycles. The Morgan fingerprint density at radius 3 is 2.59 bits per heavy atom. The van der Waals surface area contributed by atoms with Crippen LogP contribution in [0.5, 0.6) is 0 Å². The Morgan fingerprint density at radius 2 is 2.00 bits per heavy atom. The van der Waals surface area contributed by atoms with Crippen LogP contribution in [-0.2, 0) is 5.54 Å². The number of anilines is 1. The molecule has 1 aliphatic rings. The summed E-state index contributed by atoms with van der Waals surface area (Å²) >= 11 is 0. The van der Waals surface area contributed by atoms with E-state index >= 15 is 0 Å². The minimum Gasteiger partial charge on any atom is -0.399 e. The van der Waals surface area contributed by atoms with Gasteiger partial charge in [0.05, 0.1) is 11.0 Å². The Hall–Kier alpha value is -1.51. The molecule has 0 aliphatic heterocycles. The van der Waals surface area contributed by atoms with Crippen LogP contribution in [0, 0.1) is 0 Å². The average Bonchev–Trinajstić information content (AvgIpc) is 2.97. The number of fused-ring (bicyclic) bond motifs is 1. The van der Waals surface area contributed by atoms with Crippen LogP contribution in [0.4, 0.5) is 5.69 Å². The zero-order valence-electron chi connectivity index (χ0n) is 10.7. The summed E-state index contributed by atoms with van der Waals surface area (Å²) in [7, 11) is 0. The van der Waals surface area contributed by atoms with Crippen LogP contribution in [-0.4, -0.2) is 9.55 Å². The molecule has 0 unspecified atom stereocenters. The molecule has 3 rings (SSSR count). The second kappa shape index (κ2) is 3.25. The third kappa shape index (κ3) is 1.70. The minimum atomic E-state index is 0.0722. The fraction of sp³-hybridized carbons (Fsp3) is 0.500. The molecular weight excluding hydrogens is 210 g/mol. The minimum absolute atomic E-state index is 0.0722. The van der Waals surface area contributed by atoms with E-state index in [1.807, 2.05) is 12.1 Å². The molecule has 1 fully saturated rings. The van der Waals surface area contributed by atoms with Crippen molar-refractivity contribution in [2.45, 2.75) is 45.1 Å². The van der Waals surface area contributed by atoms with Crippen molar-refractivity contribution in [3.63, 3.8) is 0 Å². The summed E-state index contributed by atoms with van der Waals surface area (Å²) in [6.07, 6.45) is 2.55. The van der Waals surface area contributed by atoms with Crippen LogP contribution in [0.25, 0.3) is 11.0 Å². The highest BCUT2D eigenvalue weighted by Gasteiger charge is 2.32. The van der Waals surface area contributed by atoms with Crippen molar-refractivity contribution in [2.24, 2.45) is 0 Å². The van der Waals surface area contributed by atoms with Gasteiger partial charge in [-0.15, -0.1) is 0 Å². The summed E-state index contributed by atoms with van der Waals surface area (Å²) in [4.78, 5) is 4.78. The average molecular weight is 229 g/mol. The van der Waals surface area contributed by atoms with Gasteiger partial charge >= 0.3 is 0 Å². The maximum Gasteiger partial charge on any atom is 0.113 e. The van der Waals surface area contributed by atoms with E-state index in [0.717, 1.165) is 11.2 Å². The van der Waals surface area contributed by atoms with E-state index in [1.165, 1.54) is 24.2 Å². The molecule has 2 N–H and O–H groups in total. The van der Waals surface area contributed by atoms with Gasteiger partial charge in [0.15, 0.2) is 0 Å². The van der Waals surface area contributed by atoms with E-state index in [2.05, 4.69) is 31.4 Å². The highest BCUT2D eigenvalue weighted by atomic mass is 15.1. The third-order valence-corrected chi connectivity index (χ3v) is 3.32. The number of hydrogen-bond acceptors (Lipinski definition) is 2. The molecule has 2 aromatic rings. The van der Waals surface area contributed by atoms with Crippen molar-refractivity contribution < 1.29 is 0 Å². The van der Waals surface area contributed by atoms with Crippen LogP contribution in [0.3, 0.4) is 0 Å². The molecule has 1 aromatic heterocycles. The Kier molecular flexibility index (Phi) is 2.03. The first-order valence-electron chi connectivity index (χ1n) is 6.25. The van der Waals surface area contributed by atoms with Gasteiger partial charge in [0, 0.05) is 17.1 Å². The first-order valence-corrected chi connectivity index (χ1v) is 6.25. The van der Waals surface area contributed by atoms with Gasteiger partial charge in [-0.3, -0.25) is 0 Å². The number of nitrogen functional groups attached to an aromatic ring is 1. The lowest BCUT2D eigenvalue weighted by Gasteiger charge is -2.24. The molecule has 0 bridgehead atoms. The van der Waals surface area contributed by atoms with Crippen LogP contribution >= 0.6 is 0 Å². The summed E-state index contributed by atoms with van der Waals surface area (Å²) < 4.78 is 2.37. The van der Waals surface area contributed by atoms with Gasteiger partial charge in [-0.1, -0.05) is 0 Å². The van der Waals surface area contributed by atoms with E-state index in [0.29, 0.717) is 5.92 Å². The molecule has 0 saturated heterocycles. The molecule has 0 radical (unpaired) electrons. The zero-order valence-corrected chi connectivity index (χ0v) is 10.7. The standard InChI is InChI=1S/C14H19N3/c1-14(2,3)17-12-7-6-10(15)8-11(12)16-13(17)9-4-5-9/h6-9H,4-5,15H2,1-3H3. The molecule has 3 nitrogen and oxygen atoms in total. The lowest BCUT2D eigenvalue weighted by Crippen LogP contribution is -2.23. The Labute approximate surface area is 102 Å². The largest absolute Gasteiger partial charge is 0.399 e. The summed E-state index contributed by atoms with van der Waals surface area (Å²) in [5.74, 6) is 1.89. The summed E-state index contributed by atoms with van der Waals surface area (Å²) in [6, 6.07) is 6.03. The fourth-order valence-corrected chi connectivity index (χ4v) is 2.44. The van der Waals surface area contributed by atoms with E-state index in [-0.39, 0.29) is 5.54 Å². The van der Waals surface area contributed by atoms with Crippen molar-refractivity contribution in [3.8, 4) is 0 Å². The quantitative estimate of drug-likeness (QED) is 0.763. The topological polar surface area (TPSA) is 43.8 Å². The predicted molar refractivity (Wildman–Crippen MR) is 71.1 cm³/mol. The smallest absolute Gasteiger partial charge is 0.113 e. The molecule has 0 atom stereocenters. The molecule has 1 saturated carbocycles. The van der Waals surface area contributed by atoms with Crippen LogP contribution in [0.2, 0.25) is 0 Å². The second-order valence-corrected chi connectivity index (χ2v) is 6.00. The monoisotopic (exact) mass is 229 g/mol. The Balaban J connectivity index is 2.31. The first-order chi connectivity index (χ1) is 7.97. The molecule has 1 heterocycles. The maximum atomic E-state index is 5.83. The van der Waals surface area contributed by atoms with Crippen molar-refractivity contribution in [2.75, 3.05) is 5.73 Å². The number of hydrogen-bond donors (Lipinski definition) is 1. The van der Waals surface area contributed by atoms with Gasteiger partial charge in [0.25, 0.3) is 0 Å². The zero-order chi connectivity index (χ0) is 12.2. The first kappa shape index (κ1) is 10.6. The number of nitrogens with zero attached hydrogens (tertiary/aromatic N) is 2. The number of benzene rings is 1. The number of aromatic nitrogens is 2. The van der Waals surface area contributed by atoms with Crippen molar-refractivity contribution in [1.82, 2.24) is 9.55 Å². The van der Waals surface area contributed by atoms with Gasteiger partial charge in [-0.05, 0) is 51.8 Å². The van der Waals surface area contributed by atoms with Crippen LogP contribution in [0.15, 0.2) is 18.2 Å². The number of rotatable bonds is 1. The van der Waals surface area contributed by atoms with E-state index < -0.39 is 0 Å². The Morgan fingerprint density at radius 1 is 1.29 bits per heavy atom. The van der Waals surface area contributed by atoms with E-state index in [1.54, 1.807) is 0 Å². The Bertz CT molecular complexity index is 571. The molecule has 0 amide bonds. The lowest BCUT2D eigenvalue weighted by molar-refractivity contribution is 0.394. The molecular formula is C14H19N3. The van der Waals surface area contributed by atoms with E-state index in [4.69, 9.17) is 10.7 Å². The molecule has 17 heavy (non-hydrogen) atoms. The normalized spacial score (nSPS) is 16.6. The van der Waals surface area contributed by atoms with Gasteiger partial charge in [0.1, 0.15) is 5.82 Å². The molecule has 90 valence electrons. The van der Waals surface area contributed by atoms with Crippen LogP contribution < -0.4 is 5.73 Å². The summed E-state index contributed by atoms with van der Waals surface area (Å²) in [5.41, 5.74) is 8.93. The highest BCUT2D eigenvalue weighted by Crippen LogP contribution is 2.42. The fourth-order valence-electron chi connectivity index (χ4n) is 2.44. The van der Waals surface area contributed by atoms with Gasteiger partial charge in [-0.2, -0.15) is 0 Å². The summed E-state index contributed by atoms with van der Waals surface area (Å²) in [6.45, 7) is 6.70. The van der Waals surface area contributed by atoms with Gasteiger partial charge in [0.2, 0.25) is 0 Å². The van der Waals surface area contributed by atoms with Gasteiger partial charge < -0.3 is 10.3 Å². The summed E-state index contributed by atoms with van der Waals surface area (Å²) in [5, 5.41) is 0. The second-order valence-electron chi connectivity index (χ2n) is 6.00. The van der Waals surface area contributed by atoms with Crippen molar-refractivity contribution >= 4 is 16.7 Å². The van der Waals surface area contributed by atoms with Crippen molar-refractivity contribution in [3.05, 3.63) is 24.0 Å². The number of nitrogens with two attached hydrogens (primary N) is 1. The molecule has 0 spiro atoms.